The molecule has 6 nitrogen and oxygen atoms in total. The molecule has 2 unspecified atom stereocenters. The van der Waals surface area contributed by atoms with E-state index in [0.717, 1.165) is 23.3 Å². The maximum absolute atomic E-state index is 13.8. The molecule has 1 aliphatic heterocycles. The number of carbonyl (C=O) groups excluding carboxylic acids is 1. The Morgan fingerprint density at radius 1 is 1.19 bits per heavy atom. The van der Waals surface area contributed by atoms with E-state index in [1.165, 1.54) is 27.4 Å². The van der Waals surface area contributed by atoms with Crippen LogP contribution < -0.4 is 4.74 Å². The van der Waals surface area contributed by atoms with Gasteiger partial charge in [-0.2, -0.15) is 4.31 Å². The van der Waals surface area contributed by atoms with Crippen LogP contribution in [0.4, 0.5) is 0 Å². The molecule has 3 aromatic rings. The summed E-state index contributed by atoms with van der Waals surface area (Å²) in [5.41, 5.74) is 2.01. The molecular formula is C26H28Cl2N2O4S2. The first kappa shape index (κ1) is 26.9. The van der Waals surface area contributed by atoms with E-state index in [0.29, 0.717) is 13.0 Å². The summed E-state index contributed by atoms with van der Waals surface area (Å²) >= 11 is 14.0. The number of fused-ring (bicyclic) bond motifs is 1. The van der Waals surface area contributed by atoms with Crippen LogP contribution in [-0.4, -0.2) is 49.8 Å². The van der Waals surface area contributed by atoms with Crippen LogP contribution in [0.15, 0.2) is 58.8 Å². The van der Waals surface area contributed by atoms with Crippen molar-refractivity contribution in [3.05, 3.63) is 80.0 Å². The Labute approximate surface area is 226 Å². The van der Waals surface area contributed by atoms with E-state index in [9.17, 15) is 13.2 Å². The molecule has 0 fully saturated rings. The SMILES string of the molecule is CCC(C)N(CC(=O)N1CCc2sccc2C1c1ccc(OC)cc1)S(=O)(=O)c1cc(Cl)ccc1Cl. The fourth-order valence-electron chi connectivity index (χ4n) is 4.44. The van der Waals surface area contributed by atoms with E-state index >= 15 is 0 Å². The largest absolute Gasteiger partial charge is 0.497 e. The van der Waals surface area contributed by atoms with Crippen LogP contribution in [0.3, 0.4) is 0 Å². The number of hydrogen-bond acceptors (Lipinski definition) is 5. The first-order chi connectivity index (χ1) is 17.2. The van der Waals surface area contributed by atoms with E-state index in [1.54, 1.807) is 30.3 Å². The summed E-state index contributed by atoms with van der Waals surface area (Å²) in [5, 5.41) is 2.36. The smallest absolute Gasteiger partial charge is 0.245 e. The van der Waals surface area contributed by atoms with Crippen LogP contribution in [-0.2, 0) is 21.2 Å². The number of amides is 1. The Bertz CT molecular complexity index is 1340. The molecule has 2 atom stereocenters. The van der Waals surface area contributed by atoms with Gasteiger partial charge in [0.2, 0.25) is 15.9 Å². The number of halogens is 2. The number of thiophene rings is 1. The van der Waals surface area contributed by atoms with Gasteiger partial charge >= 0.3 is 0 Å². The zero-order chi connectivity index (χ0) is 26.0. The molecule has 0 aliphatic carbocycles. The molecule has 36 heavy (non-hydrogen) atoms. The van der Waals surface area contributed by atoms with Gasteiger partial charge in [-0.05, 0) is 72.7 Å². The summed E-state index contributed by atoms with van der Waals surface area (Å²) in [4.78, 5) is 16.7. The number of rotatable bonds is 8. The summed E-state index contributed by atoms with van der Waals surface area (Å²) in [5.74, 6) is 0.458. The quantitative estimate of drug-likeness (QED) is 0.334. The summed E-state index contributed by atoms with van der Waals surface area (Å²) < 4.78 is 33.9. The second-order valence-corrected chi connectivity index (χ2v) is 12.4. The molecule has 4 rings (SSSR count). The lowest BCUT2D eigenvalue weighted by molar-refractivity contribution is -0.133. The van der Waals surface area contributed by atoms with Gasteiger partial charge in [0.15, 0.2) is 0 Å². The third-order valence-electron chi connectivity index (χ3n) is 6.57. The molecule has 1 aliphatic rings. The van der Waals surface area contributed by atoms with Crippen LogP contribution in [0, 0.1) is 0 Å². The van der Waals surface area contributed by atoms with Gasteiger partial charge in [-0.1, -0.05) is 42.3 Å². The van der Waals surface area contributed by atoms with E-state index in [1.807, 2.05) is 42.6 Å². The average Bonchev–Trinajstić information content (AvgIpc) is 3.36. The molecular weight excluding hydrogens is 539 g/mol. The second-order valence-electron chi connectivity index (χ2n) is 8.69. The molecule has 0 radical (unpaired) electrons. The maximum Gasteiger partial charge on any atom is 0.245 e. The molecule has 1 aromatic heterocycles. The molecule has 2 aromatic carbocycles. The first-order valence-electron chi connectivity index (χ1n) is 11.6. The normalized spacial score (nSPS) is 16.6. The van der Waals surface area contributed by atoms with Crippen molar-refractivity contribution >= 4 is 50.5 Å². The van der Waals surface area contributed by atoms with Gasteiger partial charge in [-0.3, -0.25) is 4.79 Å². The molecule has 0 bridgehead atoms. The highest BCUT2D eigenvalue weighted by molar-refractivity contribution is 7.89. The fraction of sp³-hybridized carbons (Fsp3) is 0.346. The highest BCUT2D eigenvalue weighted by Gasteiger charge is 2.37. The minimum absolute atomic E-state index is 0.0668. The summed E-state index contributed by atoms with van der Waals surface area (Å²) in [6, 6.07) is 13.3. The molecule has 0 spiro atoms. The Morgan fingerprint density at radius 3 is 2.58 bits per heavy atom. The Kier molecular flexibility index (Phi) is 8.32. The number of benzene rings is 2. The van der Waals surface area contributed by atoms with Crippen molar-refractivity contribution in [1.29, 1.82) is 0 Å². The minimum atomic E-state index is -4.09. The number of methoxy groups -OCH3 is 1. The third kappa shape index (κ3) is 5.29. The van der Waals surface area contributed by atoms with Crippen molar-refractivity contribution in [3.8, 4) is 5.75 Å². The number of sulfonamides is 1. The van der Waals surface area contributed by atoms with Crippen LogP contribution in [0.2, 0.25) is 10.0 Å². The maximum atomic E-state index is 13.8. The average molecular weight is 568 g/mol. The van der Waals surface area contributed by atoms with Crippen molar-refractivity contribution in [2.45, 2.75) is 43.7 Å². The van der Waals surface area contributed by atoms with E-state index in [2.05, 4.69) is 0 Å². The predicted molar refractivity (Wildman–Crippen MR) is 145 cm³/mol. The number of nitrogens with zero attached hydrogens (tertiary/aromatic N) is 2. The van der Waals surface area contributed by atoms with Crippen molar-refractivity contribution in [2.75, 3.05) is 20.2 Å². The monoisotopic (exact) mass is 566 g/mol. The van der Waals surface area contributed by atoms with Gasteiger partial charge in [-0.15, -0.1) is 11.3 Å². The Morgan fingerprint density at radius 2 is 1.92 bits per heavy atom. The Balaban J connectivity index is 1.70. The van der Waals surface area contributed by atoms with Crippen molar-refractivity contribution in [2.24, 2.45) is 0 Å². The number of hydrogen-bond donors (Lipinski definition) is 0. The molecule has 2 heterocycles. The first-order valence-corrected chi connectivity index (χ1v) is 14.7. The molecule has 0 saturated heterocycles. The van der Waals surface area contributed by atoms with Crippen molar-refractivity contribution in [3.63, 3.8) is 0 Å². The van der Waals surface area contributed by atoms with Crippen LogP contribution in [0.1, 0.15) is 42.3 Å². The van der Waals surface area contributed by atoms with Gasteiger partial charge < -0.3 is 9.64 Å². The standard InChI is InChI=1S/C26H28Cl2N2O4S2/c1-4-17(2)30(36(32,33)24-15-19(27)7-10-22(24)28)16-25(31)29-13-11-23-21(12-14-35-23)26(29)18-5-8-20(34-3)9-6-18/h5-10,12,14-15,17,26H,4,11,13,16H2,1-3H3. The number of carbonyl (C=O) groups is 1. The van der Waals surface area contributed by atoms with Gasteiger partial charge in [0.25, 0.3) is 0 Å². The van der Waals surface area contributed by atoms with Gasteiger partial charge in [0.1, 0.15) is 10.6 Å². The van der Waals surface area contributed by atoms with Crippen LogP contribution in [0.25, 0.3) is 0 Å². The molecule has 1 amide bonds. The van der Waals surface area contributed by atoms with E-state index < -0.39 is 16.1 Å². The summed E-state index contributed by atoms with van der Waals surface area (Å²) in [6.07, 6.45) is 1.25. The van der Waals surface area contributed by atoms with Crippen molar-refractivity contribution < 1.29 is 17.9 Å². The van der Waals surface area contributed by atoms with Crippen LogP contribution >= 0.6 is 34.5 Å². The molecule has 192 valence electrons. The zero-order valence-corrected chi connectivity index (χ0v) is 23.4. The van der Waals surface area contributed by atoms with Gasteiger partial charge in [0, 0.05) is 22.5 Å². The minimum Gasteiger partial charge on any atom is -0.497 e. The lowest BCUT2D eigenvalue weighted by Crippen LogP contribution is -2.49. The van der Waals surface area contributed by atoms with Gasteiger partial charge in [0.05, 0.1) is 24.7 Å². The highest BCUT2D eigenvalue weighted by Crippen LogP contribution is 2.39. The lowest BCUT2D eigenvalue weighted by atomic mass is 9.93. The highest BCUT2D eigenvalue weighted by atomic mass is 35.5. The Hall–Kier alpha value is -2.10. The van der Waals surface area contributed by atoms with E-state index in [-0.39, 0.29) is 33.4 Å². The molecule has 0 N–H and O–H groups in total. The van der Waals surface area contributed by atoms with E-state index in [4.69, 9.17) is 27.9 Å². The second kappa shape index (κ2) is 11.1. The third-order valence-corrected chi connectivity index (χ3v) is 10.2. The van der Waals surface area contributed by atoms with Gasteiger partial charge in [-0.25, -0.2) is 8.42 Å². The fourth-order valence-corrected chi connectivity index (χ4v) is 7.73. The molecule has 10 heteroatoms. The summed E-state index contributed by atoms with van der Waals surface area (Å²) in [7, 11) is -2.48. The number of ether oxygens (including phenoxy) is 1. The lowest BCUT2D eigenvalue weighted by Gasteiger charge is -2.38. The zero-order valence-electron chi connectivity index (χ0n) is 20.3. The van der Waals surface area contributed by atoms with Crippen molar-refractivity contribution in [1.82, 2.24) is 9.21 Å². The summed E-state index contributed by atoms with van der Waals surface area (Å²) in [6.45, 7) is 3.87. The molecule has 0 saturated carbocycles. The predicted octanol–water partition coefficient (Wildman–Crippen LogP) is 6.03. The topological polar surface area (TPSA) is 66.9 Å². The van der Waals surface area contributed by atoms with Crippen LogP contribution in [0.5, 0.6) is 5.75 Å².